The van der Waals surface area contributed by atoms with Gasteiger partial charge in [0.05, 0.1) is 6.04 Å². The third-order valence-electron chi connectivity index (χ3n) is 3.20. The van der Waals surface area contributed by atoms with Gasteiger partial charge in [-0.25, -0.2) is 0 Å². The van der Waals surface area contributed by atoms with E-state index in [1.54, 1.807) is 0 Å². The van der Waals surface area contributed by atoms with Crippen LogP contribution in [0.4, 0.5) is 0 Å². The number of hydrogen-bond donors (Lipinski definition) is 2. The molecule has 94 valence electrons. The lowest BCUT2D eigenvalue weighted by Gasteiger charge is -2.23. The number of amides is 1. The number of hydrogen-bond acceptors (Lipinski definition) is 3. The normalized spacial score (nSPS) is 23.7. The minimum atomic E-state index is -0.0410. The van der Waals surface area contributed by atoms with E-state index in [-0.39, 0.29) is 18.0 Å². The molecule has 4 heteroatoms. The molecule has 1 aliphatic rings. The Labute approximate surface area is 98.6 Å². The van der Waals surface area contributed by atoms with Gasteiger partial charge in [-0.3, -0.25) is 9.69 Å². The Hall–Kier alpha value is -0.610. The number of rotatable bonds is 5. The molecule has 2 atom stereocenters. The molecule has 0 aromatic carbocycles. The Morgan fingerprint density at radius 2 is 2.19 bits per heavy atom. The van der Waals surface area contributed by atoms with Crippen LogP contribution in [0.3, 0.4) is 0 Å². The van der Waals surface area contributed by atoms with Crippen molar-refractivity contribution in [3.05, 3.63) is 0 Å². The van der Waals surface area contributed by atoms with Gasteiger partial charge < -0.3 is 11.1 Å². The molecule has 0 saturated carbocycles. The average molecular weight is 227 g/mol. The predicted molar refractivity (Wildman–Crippen MR) is 66.1 cm³/mol. The predicted octanol–water partition coefficient (Wildman–Crippen LogP) is 0.570. The van der Waals surface area contributed by atoms with Crippen molar-refractivity contribution in [2.24, 2.45) is 11.7 Å². The van der Waals surface area contributed by atoms with Crippen LogP contribution in [0.5, 0.6) is 0 Å². The monoisotopic (exact) mass is 227 g/mol. The van der Waals surface area contributed by atoms with E-state index < -0.39 is 0 Å². The fraction of sp³-hybridized carbons (Fsp3) is 0.917. The molecule has 0 spiro atoms. The highest BCUT2D eigenvalue weighted by Crippen LogP contribution is 2.11. The van der Waals surface area contributed by atoms with Crippen molar-refractivity contribution >= 4 is 5.91 Å². The standard InChI is InChI=1S/C12H25N3O/c1-9(2)4-6-14-12(16)10(3)15-7-5-11(13)8-15/h9-11H,4-8,13H2,1-3H3,(H,14,16). The lowest BCUT2D eigenvalue weighted by Crippen LogP contribution is -2.45. The Morgan fingerprint density at radius 1 is 1.50 bits per heavy atom. The molecular weight excluding hydrogens is 202 g/mol. The van der Waals surface area contributed by atoms with Crippen LogP contribution >= 0.6 is 0 Å². The van der Waals surface area contributed by atoms with Crippen LogP contribution in [0.25, 0.3) is 0 Å². The second-order valence-electron chi connectivity index (χ2n) is 5.19. The van der Waals surface area contributed by atoms with Gasteiger partial charge in [0.1, 0.15) is 0 Å². The largest absolute Gasteiger partial charge is 0.355 e. The molecule has 3 N–H and O–H groups in total. The van der Waals surface area contributed by atoms with Crippen molar-refractivity contribution in [3.63, 3.8) is 0 Å². The second-order valence-corrected chi connectivity index (χ2v) is 5.19. The fourth-order valence-electron chi connectivity index (χ4n) is 1.96. The third kappa shape index (κ3) is 4.10. The maximum absolute atomic E-state index is 11.8. The van der Waals surface area contributed by atoms with Gasteiger partial charge in [0, 0.05) is 25.7 Å². The number of carbonyl (C=O) groups excluding carboxylic acids is 1. The van der Waals surface area contributed by atoms with Gasteiger partial charge in [-0.2, -0.15) is 0 Å². The molecule has 0 aliphatic carbocycles. The first kappa shape index (κ1) is 13.5. The summed E-state index contributed by atoms with van der Waals surface area (Å²) in [4.78, 5) is 14.0. The lowest BCUT2D eigenvalue weighted by atomic mass is 10.1. The molecular formula is C12H25N3O. The van der Waals surface area contributed by atoms with Crippen molar-refractivity contribution in [2.75, 3.05) is 19.6 Å². The summed E-state index contributed by atoms with van der Waals surface area (Å²) in [7, 11) is 0. The van der Waals surface area contributed by atoms with Crippen LogP contribution in [0.15, 0.2) is 0 Å². The first-order chi connectivity index (χ1) is 7.50. The highest BCUT2D eigenvalue weighted by atomic mass is 16.2. The number of nitrogens with one attached hydrogen (secondary N) is 1. The minimum absolute atomic E-state index is 0.0410. The SMILES string of the molecule is CC(C)CCNC(=O)C(C)N1CCC(N)C1. The number of likely N-dealkylation sites (tertiary alicyclic amines) is 1. The number of carbonyl (C=O) groups is 1. The van der Waals surface area contributed by atoms with E-state index in [0.717, 1.165) is 32.5 Å². The first-order valence-corrected chi connectivity index (χ1v) is 6.28. The molecule has 0 aromatic heterocycles. The summed E-state index contributed by atoms with van der Waals surface area (Å²) in [6.07, 6.45) is 2.04. The van der Waals surface area contributed by atoms with E-state index in [2.05, 4.69) is 24.1 Å². The summed E-state index contributed by atoms with van der Waals surface area (Å²) in [6.45, 7) is 8.85. The molecule has 0 bridgehead atoms. The summed E-state index contributed by atoms with van der Waals surface area (Å²) in [6, 6.07) is 0.201. The van der Waals surface area contributed by atoms with Crippen LogP contribution in [-0.4, -0.2) is 42.5 Å². The lowest BCUT2D eigenvalue weighted by molar-refractivity contribution is -0.125. The van der Waals surface area contributed by atoms with Gasteiger partial charge in [-0.05, 0) is 25.7 Å². The van der Waals surface area contributed by atoms with Crippen molar-refractivity contribution in [1.82, 2.24) is 10.2 Å². The Kier molecular flexibility index (Phi) is 5.22. The van der Waals surface area contributed by atoms with Crippen LogP contribution < -0.4 is 11.1 Å². The molecule has 1 fully saturated rings. The molecule has 1 heterocycles. The smallest absolute Gasteiger partial charge is 0.237 e. The zero-order chi connectivity index (χ0) is 12.1. The Morgan fingerprint density at radius 3 is 2.69 bits per heavy atom. The van der Waals surface area contributed by atoms with Crippen LogP contribution in [-0.2, 0) is 4.79 Å². The topological polar surface area (TPSA) is 58.4 Å². The van der Waals surface area contributed by atoms with Crippen molar-refractivity contribution in [1.29, 1.82) is 0 Å². The summed E-state index contributed by atoms with van der Waals surface area (Å²) in [5.41, 5.74) is 5.83. The van der Waals surface area contributed by atoms with Gasteiger partial charge in [0.2, 0.25) is 5.91 Å². The van der Waals surface area contributed by atoms with E-state index in [1.807, 2.05) is 6.92 Å². The molecule has 1 aliphatic heterocycles. The van der Waals surface area contributed by atoms with E-state index in [0.29, 0.717) is 5.92 Å². The first-order valence-electron chi connectivity index (χ1n) is 6.28. The molecule has 2 unspecified atom stereocenters. The molecule has 1 amide bonds. The summed E-state index contributed by atoms with van der Waals surface area (Å²) in [5.74, 6) is 0.769. The van der Waals surface area contributed by atoms with Gasteiger partial charge in [-0.1, -0.05) is 13.8 Å². The molecule has 16 heavy (non-hydrogen) atoms. The summed E-state index contributed by atoms with van der Waals surface area (Å²) in [5, 5.41) is 2.98. The van der Waals surface area contributed by atoms with Gasteiger partial charge >= 0.3 is 0 Å². The van der Waals surface area contributed by atoms with Crippen LogP contribution in [0, 0.1) is 5.92 Å². The molecule has 1 saturated heterocycles. The maximum atomic E-state index is 11.8. The summed E-state index contributed by atoms with van der Waals surface area (Å²) < 4.78 is 0. The zero-order valence-corrected chi connectivity index (χ0v) is 10.7. The van der Waals surface area contributed by atoms with Gasteiger partial charge in [0.15, 0.2) is 0 Å². The van der Waals surface area contributed by atoms with E-state index >= 15 is 0 Å². The fourth-order valence-corrected chi connectivity index (χ4v) is 1.96. The molecule has 0 aromatic rings. The number of nitrogens with two attached hydrogens (primary N) is 1. The number of nitrogens with zero attached hydrogens (tertiary/aromatic N) is 1. The average Bonchev–Trinajstić information content (AvgIpc) is 2.63. The zero-order valence-electron chi connectivity index (χ0n) is 10.7. The summed E-state index contributed by atoms with van der Waals surface area (Å²) >= 11 is 0. The van der Waals surface area contributed by atoms with Crippen molar-refractivity contribution < 1.29 is 4.79 Å². The maximum Gasteiger partial charge on any atom is 0.237 e. The molecule has 4 nitrogen and oxygen atoms in total. The molecule has 1 rings (SSSR count). The minimum Gasteiger partial charge on any atom is -0.355 e. The quantitative estimate of drug-likeness (QED) is 0.722. The van der Waals surface area contributed by atoms with Gasteiger partial charge in [0.25, 0.3) is 0 Å². The second kappa shape index (κ2) is 6.21. The van der Waals surface area contributed by atoms with E-state index in [9.17, 15) is 4.79 Å². The van der Waals surface area contributed by atoms with E-state index in [4.69, 9.17) is 5.73 Å². The third-order valence-corrected chi connectivity index (χ3v) is 3.20. The van der Waals surface area contributed by atoms with Crippen molar-refractivity contribution in [3.8, 4) is 0 Å². The van der Waals surface area contributed by atoms with Gasteiger partial charge in [-0.15, -0.1) is 0 Å². The highest BCUT2D eigenvalue weighted by Gasteiger charge is 2.27. The Balaban J connectivity index is 2.25. The van der Waals surface area contributed by atoms with Crippen molar-refractivity contribution in [2.45, 2.75) is 45.7 Å². The highest BCUT2D eigenvalue weighted by molar-refractivity contribution is 5.81. The Bertz CT molecular complexity index is 230. The van der Waals surface area contributed by atoms with E-state index in [1.165, 1.54) is 0 Å². The molecule has 0 radical (unpaired) electrons. The van der Waals surface area contributed by atoms with Crippen LogP contribution in [0.2, 0.25) is 0 Å². The van der Waals surface area contributed by atoms with Crippen LogP contribution in [0.1, 0.15) is 33.6 Å².